The number of amides is 1. The van der Waals surface area contributed by atoms with Gasteiger partial charge < -0.3 is 9.84 Å². The van der Waals surface area contributed by atoms with Crippen molar-refractivity contribution in [1.29, 1.82) is 0 Å². The average molecular weight is 320 g/mol. The Bertz CT molecular complexity index is 665. The fourth-order valence-corrected chi connectivity index (χ4v) is 2.93. The summed E-state index contributed by atoms with van der Waals surface area (Å²) in [7, 11) is 0. The minimum Gasteiger partial charge on any atom is -0.344 e. The molecule has 0 radical (unpaired) electrons. The van der Waals surface area contributed by atoms with Gasteiger partial charge in [0.05, 0.1) is 0 Å². The maximum Gasteiger partial charge on any atom is 0.249 e. The summed E-state index contributed by atoms with van der Waals surface area (Å²) in [5.41, 5.74) is 0.789. The summed E-state index contributed by atoms with van der Waals surface area (Å²) in [4.78, 5) is 16.5. The van der Waals surface area contributed by atoms with Gasteiger partial charge in [-0.1, -0.05) is 41.7 Å². The van der Waals surface area contributed by atoms with Crippen molar-refractivity contribution in [3.8, 4) is 11.4 Å². The predicted octanol–water partition coefficient (Wildman–Crippen LogP) is 3.76. The maximum absolute atomic E-state index is 12.1. The van der Waals surface area contributed by atoms with Gasteiger partial charge in [-0.05, 0) is 31.9 Å². The number of carbonyl (C=O) groups is 1. The van der Waals surface area contributed by atoms with Crippen molar-refractivity contribution < 1.29 is 9.32 Å². The number of nitrogens with zero attached hydrogens (tertiary/aromatic N) is 2. The first kappa shape index (κ1) is 15.0. The number of hydrogen-bond donors (Lipinski definition) is 1. The Hall–Kier alpha value is -1.88. The van der Waals surface area contributed by atoms with Crippen LogP contribution in [0.4, 0.5) is 0 Å². The van der Waals surface area contributed by atoms with Gasteiger partial charge in [-0.15, -0.1) is 0 Å². The number of aromatic nitrogens is 2. The molecule has 1 aliphatic carbocycles. The first-order valence-electron chi connectivity index (χ1n) is 7.53. The Balaban J connectivity index is 1.68. The molecule has 6 heteroatoms. The van der Waals surface area contributed by atoms with E-state index in [9.17, 15) is 4.79 Å². The summed E-state index contributed by atoms with van der Waals surface area (Å²) in [6.07, 6.45) is 4.20. The molecular formula is C16H18ClN3O2. The van der Waals surface area contributed by atoms with E-state index in [0.29, 0.717) is 16.7 Å². The Morgan fingerprint density at radius 2 is 2.18 bits per heavy atom. The molecule has 1 atom stereocenters. The van der Waals surface area contributed by atoms with Gasteiger partial charge in [-0.3, -0.25) is 4.79 Å². The highest BCUT2D eigenvalue weighted by Gasteiger charge is 2.25. The first-order chi connectivity index (χ1) is 10.6. The lowest BCUT2D eigenvalue weighted by Gasteiger charge is -2.13. The van der Waals surface area contributed by atoms with E-state index >= 15 is 0 Å². The van der Waals surface area contributed by atoms with Crippen molar-refractivity contribution in [2.75, 3.05) is 0 Å². The van der Waals surface area contributed by atoms with Crippen LogP contribution in [0.2, 0.25) is 5.02 Å². The minimum atomic E-state index is -0.298. The summed E-state index contributed by atoms with van der Waals surface area (Å²) >= 11 is 5.96. The summed E-state index contributed by atoms with van der Waals surface area (Å²) in [6, 6.07) is 6.96. The van der Waals surface area contributed by atoms with E-state index in [2.05, 4.69) is 15.5 Å². The van der Waals surface area contributed by atoms with Crippen molar-refractivity contribution in [2.24, 2.45) is 5.92 Å². The fraction of sp³-hybridized carbons (Fsp3) is 0.438. The summed E-state index contributed by atoms with van der Waals surface area (Å²) < 4.78 is 5.27. The smallest absolute Gasteiger partial charge is 0.249 e. The van der Waals surface area contributed by atoms with E-state index in [4.69, 9.17) is 16.1 Å². The van der Waals surface area contributed by atoms with Crippen molar-refractivity contribution >= 4 is 17.5 Å². The molecule has 22 heavy (non-hydrogen) atoms. The molecule has 0 bridgehead atoms. The molecule has 1 unspecified atom stereocenters. The molecule has 0 aliphatic heterocycles. The lowest BCUT2D eigenvalue weighted by molar-refractivity contribution is -0.125. The zero-order valence-electron chi connectivity index (χ0n) is 12.4. The molecule has 2 aromatic rings. The number of carbonyl (C=O) groups excluding carboxylic acids is 1. The third kappa shape index (κ3) is 3.30. The van der Waals surface area contributed by atoms with Gasteiger partial charge in [0.2, 0.25) is 17.6 Å². The van der Waals surface area contributed by atoms with Crippen molar-refractivity contribution in [1.82, 2.24) is 15.5 Å². The molecule has 1 heterocycles. The summed E-state index contributed by atoms with van der Waals surface area (Å²) in [5, 5.41) is 7.53. The first-order valence-corrected chi connectivity index (χ1v) is 7.91. The molecule has 1 aliphatic rings. The quantitative estimate of drug-likeness (QED) is 0.931. The van der Waals surface area contributed by atoms with Crippen molar-refractivity contribution in [3.63, 3.8) is 0 Å². The molecule has 116 valence electrons. The molecule has 1 amide bonds. The average Bonchev–Trinajstić information content (AvgIpc) is 3.19. The van der Waals surface area contributed by atoms with Crippen molar-refractivity contribution in [3.05, 3.63) is 35.2 Å². The predicted molar refractivity (Wildman–Crippen MR) is 83.3 cm³/mol. The van der Waals surface area contributed by atoms with Crippen LogP contribution in [0.15, 0.2) is 28.8 Å². The van der Waals surface area contributed by atoms with Crippen LogP contribution in [-0.2, 0) is 4.79 Å². The van der Waals surface area contributed by atoms with Crippen LogP contribution in [-0.4, -0.2) is 16.0 Å². The molecule has 0 saturated heterocycles. The molecule has 1 aromatic carbocycles. The third-order valence-corrected chi connectivity index (χ3v) is 4.21. The number of hydrogen-bond acceptors (Lipinski definition) is 4. The van der Waals surface area contributed by atoms with Crippen LogP contribution >= 0.6 is 11.6 Å². The van der Waals surface area contributed by atoms with Gasteiger partial charge in [0.25, 0.3) is 0 Å². The largest absolute Gasteiger partial charge is 0.344 e. The molecule has 1 N–H and O–H groups in total. The van der Waals surface area contributed by atoms with Gasteiger partial charge in [-0.2, -0.15) is 4.98 Å². The maximum atomic E-state index is 12.1. The highest BCUT2D eigenvalue weighted by molar-refractivity contribution is 6.30. The molecule has 1 saturated carbocycles. The lowest BCUT2D eigenvalue weighted by atomic mass is 10.1. The third-order valence-electron chi connectivity index (χ3n) is 3.98. The normalized spacial score (nSPS) is 16.6. The standard InChI is InChI=1S/C16H18ClN3O2/c1-10(18-15(21)11-5-2-3-6-11)16-19-14(20-22-16)12-7-4-8-13(17)9-12/h4,7-11H,2-3,5-6H2,1H3,(H,18,21). The molecule has 1 aromatic heterocycles. The van der Waals surface area contributed by atoms with E-state index < -0.39 is 0 Å². The minimum absolute atomic E-state index is 0.0764. The van der Waals surface area contributed by atoms with Gasteiger partial charge in [0.1, 0.15) is 6.04 Å². The van der Waals surface area contributed by atoms with Crippen LogP contribution in [0.1, 0.15) is 44.5 Å². The summed E-state index contributed by atoms with van der Waals surface area (Å²) in [6.45, 7) is 1.85. The van der Waals surface area contributed by atoms with Crippen LogP contribution in [0.3, 0.4) is 0 Å². The van der Waals surface area contributed by atoms with E-state index in [1.54, 1.807) is 12.1 Å². The zero-order chi connectivity index (χ0) is 15.5. The Morgan fingerprint density at radius 3 is 2.91 bits per heavy atom. The molecular weight excluding hydrogens is 302 g/mol. The van der Waals surface area contributed by atoms with E-state index in [-0.39, 0.29) is 17.9 Å². The second-order valence-electron chi connectivity index (χ2n) is 5.68. The second-order valence-corrected chi connectivity index (χ2v) is 6.11. The molecule has 1 fully saturated rings. The summed E-state index contributed by atoms with van der Waals surface area (Å²) in [5.74, 6) is 1.08. The van der Waals surface area contributed by atoms with Crippen LogP contribution in [0.5, 0.6) is 0 Å². The van der Waals surface area contributed by atoms with E-state index in [0.717, 1.165) is 31.2 Å². The lowest BCUT2D eigenvalue weighted by Crippen LogP contribution is -2.31. The van der Waals surface area contributed by atoms with Crippen LogP contribution in [0, 0.1) is 5.92 Å². The highest BCUT2D eigenvalue weighted by Crippen LogP contribution is 2.26. The highest BCUT2D eigenvalue weighted by atomic mass is 35.5. The Labute approximate surface area is 134 Å². The zero-order valence-corrected chi connectivity index (χ0v) is 13.1. The van der Waals surface area contributed by atoms with E-state index in [1.807, 2.05) is 19.1 Å². The molecule has 5 nitrogen and oxygen atoms in total. The van der Waals surface area contributed by atoms with Gasteiger partial charge in [-0.25, -0.2) is 0 Å². The Morgan fingerprint density at radius 1 is 1.41 bits per heavy atom. The van der Waals surface area contributed by atoms with Crippen molar-refractivity contribution in [2.45, 2.75) is 38.6 Å². The van der Waals surface area contributed by atoms with Gasteiger partial charge >= 0.3 is 0 Å². The van der Waals surface area contributed by atoms with E-state index in [1.165, 1.54) is 0 Å². The number of nitrogens with one attached hydrogen (secondary N) is 1. The number of rotatable bonds is 4. The molecule has 0 spiro atoms. The number of halogens is 1. The van der Waals surface area contributed by atoms with Gasteiger partial charge in [0.15, 0.2) is 0 Å². The van der Waals surface area contributed by atoms with Crippen LogP contribution in [0.25, 0.3) is 11.4 Å². The topological polar surface area (TPSA) is 68.0 Å². The monoisotopic (exact) mass is 319 g/mol. The fourth-order valence-electron chi connectivity index (χ4n) is 2.74. The second kappa shape index (κ2) is 6.48. The van der Waals surface area contributed by atoms with Gasteiger partial charge in [0, 0.05) is 16.5 Å². The van der Waals surface area contributed by atoms with Crippen LogP contribution < -0.4 is 5.32 Å². The Kier molecular flexibility index (Phi) is 4.43. The molecule has 3 rings (SSSR count). The number of benzene rings is 1. The SMILES string of the molecule is CC(NC(=O)C1CCCC1)c1nc(-c2cccc(Cl)c2)no1.